The molecule has 2 aromatic heterocycles. The summed E-state index contributed by atoms with van der Waals surface area (Å²) in [6.45, 7) is 0. The van der Waals surface area contributed by atoms with Gasteiger partial charge in [-0.1, -0.05) is 73.7 Å². The molecule has 0 N–H and O–H groups in total. The van der Waals surface area contributed by atoms with Crippen LogP contribution in [0.15, 0.2) is 109 Å². The maximum atomic E-state index is 4.74. The van der Waals surface area contributed by atoms with E-state index >= 15 is 0 Å². The Balaban J connectivity index is 0.000000139. The van der Waals surface area contributed by atoms with Crippen LogP contribution in [0.25, 0.3) is 33.6 Å². The summed E-state index contributed by atoms with van der Waals surface area (Å²) in [6, 6.07) is 40.1. The van der Waals surface area contributed by atoms with Crippen molar-refractivity contribution in [1.82, 2.24) is 9.97 Å². The maximum Gasteiger partial charge on any atom is 0.0166 e. The first-order valence-corrected chi connectivity index (χ1v) is 13.8. The Morgan fingerprint density at radius 3 is 2.08 bits per heavy atom. The number of hydrogen-bond acceptors (Lipinski definition) is 2. The van der Waals surface area contributed by atoms with Crippen LogP contribution < -0.4 is 0 Å². The normalized spacial score (nSPS) is 21.7. The molecule has 3 aliphatic carbocycles. The van der Waals surface area contributed by atoms with Gasteiger partial charge in [-0.2, -0.15) is 0 Å². The summed E-state index contributed by atoms with van der Waals surface area (Å²) in [5.74, 6) is 0. The van der Waals surface area contributed by atoms with Gasteiger partial charge in [0.15, 0.2) is 0 Å². The van der Waals surface area contributed by atoms with Gasteiger partial charge in [-0.05, 0) is 58.3 Å². The second-order valence-electron chi connectivity index (χ2n) is 10.8. The number of pyridine rings is 2. The molecule has 2 heterocycles. The first-order chi connectivity index (χ1) is 18.8. The number of nitrogens with zero attached hydrogens (tertiary/aromatic N) is 2. The molecular formula is C36H30IrN2-2. The molecule has 2 fully saturated rings. The Labute approximate surface area is 244 Å². The molecule has 0 aliphatic heterocycles. The number of aromatic nitrogens is 2. The van der Waals surface area contributed by atoms with E-state index < -0.39 is 0 Å². The van der Waals surface area contributed by atoms with E-state index in [0.29, 0.717) is 10.8 Å². The Morgan fingerprint density at radius 2 is 1.31 bits per heavy atom. The van der Waals surface area contributed by atoms with Crippen LogP contribution in [0.3, 0.4) is 0 Å². The fourth-order valence-electron chi connectivity index (χ4n) is 7.61. The molecule has 5 aromatic rings. The van der Waals surface area contributed by atoms with Crippen molar-refractivity contribution in [2.24, 2.45) is 0 Å². The molecule has 2 nitrogen and oxygen atoms in total. The molecule has 0 amide bonds. The van der Waals surface area contributed by atoms with Gasteiger partial charge in [0.1, 0.15) is 0 Å². The molecule has 0 spiro atoms. The molecule has 2 saturated carbocycles. The third kappa shape index (κ3) is 4.20. The minimum atomic E-state index is 0. The summed E-state index contributed by atoms with van der Waals surface area (Å²) >= 11 is 0. The summed E-state index contributed by atoms with van der Waals surface area (Å²) in [7, 11) is 0. The van der Waals surface area contributed by atoms with E-state index in [0.717, 1.165) is 11.3 Å². The van der Waals surface area contributed by atoms with Crippen LogP contribution in [0.5, 0.6) is 0 Å². The molecule has 1 radical (unpaired) electrons. The summed E-state index contributed by atoms with van der Waals surface area (Å²) < 4.78 is 0. The summed E-state index contributed by atoms with van der Waals surface area (Å²) in [6.07, 6.45) is 11.9. The van der Waals surface area contributed by atoms with E-state index in [2.05, 4.69) is 59.6 Å². The van der Waals surface area contributed by atoms with Crippen molar-refractivity contribution in [3.63, 3.8) is 0 Å². The molecule has 0 unspecified atom stereocenters. The zero-order valence-electron chi connectivity index (χ0n) is 21.9. The monoisotopic (exact) mass is 683 g/mol. The van der Waals surface area contributed by atoms with Crippen molar-refractivity contribution in [1.29, 1.82) is 0 Å². The summed E-state index contributed by atoms with van der Waals surface area (Å²) in [4.78, 5) is 9.15. The van der Waals surface area contributed by atoms with Gasteiger partial charge in [0.05, 0.1) is 0 Å². The third-order valence-electron chi connectivity index (χ3n) is 9.11. The summed E-state index contributed by atoms with van der Waals surface area (Å²) in [5.41, 5.74) is 10.7. The molecule has 0 atom stereocenters. The fourth-order valence-corrected chi connectivity index (χ4v) is 7.61. The van der Waals surface area contributed by atoms with Crippen molar-refractivity contribution < 1.29 is 20.1 Å². The number of hydrogen-bond donors (Lipinski definition) is 0. The molecule has 39 heavy (non-hydrogen) atoms. The van der Waals surface area contributed by atoms with Crippen molar-refractivity contribution in [3.05, 3.63) is 133 Å². The molecule has 3 aromatic carbocycles. The van der Waals surface area contributed by atoms with E-state index in [-0.39, 0.29) is 20.1 Å². The smallest absolute Gasteiger partial charge is 0.0166 e. The number of fused-ring (bicyclic) bond motifs is 3. The number of rotatable bonds is 2. The first-order valence-electron chi connectivity index (χ1n) is 13.8. The topological polar surface area (TPSA) is 25.8 Å². The van der Waals surface area contributed by atoms with Gasteiger partial charge in [0, 0.05) is 32.5 Å². The van der Waals surface area contributed by atoms with Crippen LogP contribution in [0.4, 0.5) is 0 Å². The van der Waals surface area contributed by atoms with E-state index in [9.17, 15) is 0 Å². The maximum absolute atomic E-state index is 4.74. The second-order valence-corrected chi connectivity index (χ2v) is 10.8. The largest absolute Gasteiger partial charge is 0.305 e. The molecule has 3 aliphatic rings. The van der Waals surface area contributed by atoms with Crippen LogP contribution in [-0.4, -0.2) is 9.97 Å². The van der Waals surface area contributed by atoms with Crippen molar-refractivity contribution in [3.8, 4) is 33.6 Å². The molecule has 195 valence electrons. The van der Waals surface area contributed by atoms with Crippen molar-refractivity contribution in [2.75, 3.05) is 0 Å². The minimum Gasteiger partial charge on any atom is -0.305 e. The SMILES string of the molecule is [Ir].[c-]1cccc2c1-c1ncccc1C13CCCC21CCC3.[c-]1ccccc1-c1cc(-c2ccccc2)ccn1. The minimum absolute atomic E-state index is 0. The zero-order valence-corrected chi connectivity index (χ0v) is 24.3. The predicted molar refractivity (Wildman–Crippen MR) is 154 cm³/mol. The van der Waals surface area contributed by atoms with Crippen LogP contribution >= 0.6 is 0 Å². The zero-order chi connectivity index (χ0) is 25.4. The van der Waals surface area contributed by atoms with Crippen molar-refractivity contribution in [2.45, 2.75) is 49.4 Å². The van der Waals surface area contributed by atoms with E-state index in [1.165, 1.54) is 66.5 Å². The van der Waals surface area contributed by atoms with Gasteiger partial charge in [0.2, 0.25) is 0 Å². The van der Waals surface area contributed by atoms with Gasteiger partial charge in [-0.3, -0.25) is 0 Å². The Hall–Kier alpha value is -3.39. The molecular weight excluding hydrogens is 653 g/mol. The molecule has 0 saturated heterocycles. The second kappa shape index (κ2) is 10.6. The predicted octanol–water partition coefficient (Wildman–Crippen LogP) is 8.62. The van der Waals surface area contributed by atoms with Crippen LogP contribution in [0.2, 0.25) is 0 Å². The van der Waals surface area contributed by atoms with Gasteiger partial charge in [-0.25, -0.2) is 0 Å². The van der Waals surface area contributed by atoms with E-state index in [4.69, 9.17) is 4.98 Å². The molecule has 3 heteroatoms. The van der Waals surface area contributed by atoms with Crippen LogP contribution in [-0.2, 0) is 30.9 Å². The standard InChI is InChI=1S/C19H18N.C17H12N.Ir/c1-2-7-15-14(6-1)17-16(8-3-13-20-17)19-11-4-9-18(15,19)10-5-12-19;1-3-7-14(8-4-1)16-11-12-18-17(13-16)15-9-5-2-6-10-15;/h1-3,7-8,13H,4-5,9-12H2;1-9,11-13H;/q2*-1;. The Kier molecular flexibility index (Phi) is 7.06. The van der Waals surface area contributed by atoms with Gasteiger partial charge in [-0.15, -0.1) is 71.3 Å². The molecule has 0 bridgehead atoms. The van der Waals surface area contributed by atoms with Gasteiger partial charge in [0.25, 0.3) is 0 Å². The average Bonchev–Trinajstić information content (AvgIpc) is 3.57. The van der Waals surface area contributed by atoms with Gasteiger partial charge < -0.3 is 9.97 Å². The average molecular weight is 683 g/mol. The third-order valence-corrected chi connectivity index (χ3v) is 9.11. The van der Waals surface area contributed by atoms with E-state index in [1.54, 1.807) is 5.56 Å². The van der Waals surface area contributed by atoms with Gasteiger partial charge >= 0.3 is 0 Å². The van der Waals surface area contributed by atoms with Crippen LogP contribution in [0.1, 0.15) is 49.7 Å². The van der Waals surface area contributed by atoms with Crippen molar-refractivity contribution >= 4 is 0 Å². The Bertz CT molecular complexity index is 1450. The number of benzene rings is 3. The van der Waals surface area contributed by atoms with Crippen LogP contribution in [0, 0.1) is 12.1 Å². The Morgan fingerprint density at radius 1 is 0.590 bits per heavy atom. The fraction of sp³-hybridized carbons (Fsp3) is 0.222. The van der Waals surface area contributed by atoms with E-state index in [1.807, 2.05) is 67.0 Å². The molecule has 8 rings (SSSR count). The first kappa shape index (κ1) is 25.9. The summed E-state index contributed by atoms with van der Waals surface area (Å²) in [5, 5.41) is 0. The quantitative estimate of drug-likeness (QED) is 0.174.